The summed E-state index contributed by atoms with van der Waals surface area (Å²) in [7, 11) is 0. The van der Waals surface area contributed by atoms with Gasteiger partial charge < -0.3 is 89.1 Å². The summed E-state index contributed by atoms with van der Waals surface area (Å²) in [5.74, 6) is -14.9. The first kappa shape index (κ1) is 36.9. The summed E-state index contributed by atoms with van der Waals surface area (Å²) in [6.45, 7) is -0.989. The van der Waals surface area contributed by atoms with Crippen molar-refractivity contribution in [2.75, 3.05) is 6.61 Å². The normalized spacial score (nSPS) is 19.7. The number of hydrogen-bond acceptors (Lipinski definition) is 22. The van der Waals surface area contributed by atoms with E-state index >= 15 is 0 Å². The fourth-order valence-corrected chi connectivity index (χ4v) is 6.06. The van der Waals surface area contributed by atoms with Gasteiger partial charge in [0.05, 0.1) is 22.9 Å². The predicted molar refractivity (Wildman–Crippen MR) is 178 cm³/mol. The third-order valence-corrected chi connectivity index (χ3v) is 8.78. The molecule has 0 amide bonds. The lowest BCUT2D eigenvalue weighted by Gasteiger charge is -2.41. The Bertz CT molecular complexity index is 2710. The van der Waals surface area contributed by atoms with Gasteiger partial charge in [-0.15, -0.1) is 0 Å². The summed E-state index contributed by atoms with van der Waals surface area (Å²) >= 11 is 0. The number of carbonyl (C=O) groups is 2. The number of benzene rings is 4. The number of rotatable bonds is 7. The van der Waals surface area contributed by atoms with Gasteiger partial charge in [0, 0.05) is 22.9 Å². The van der Waals surface area contributed by atoms with E-state index < -0.39 is 151 Å². The van der Waals surface area contributed by atoms with E-state index in [9.17, 15) is 80.5 Å². The van der Waals surface area contributed by atoms with Crippen molar-refractivity contribution in [3.8, 4) is 63.2 Å². The SMILES string of the molecule is O=C(O[C@H]1[C@H](O)[C@@H](CO)OC(O)[C@@H]1OC(=O)c1cc(O)c(O)c(O)c1Oc1cc2c(=O)oc3c(O)c(O)cc4c(=O)oc(c1O)c2c34)c1cc(O)c(O)c(O)c1. The monoisotopic (exact) mass is 784 g/mol. The molecule has 0 saturated carbocycles. The molecular formula is C34H24O22. The molecule has 22 nitrogen and oxygen atoms in total. The lowest BCUT2D eigenvalue weighted by Crippen LogP contribution is -2.61. The lowest BCUT2D eigenvalue weighted by atomic mass is 9.98. The van der Waals surface area contributed by atoms with E-state index in [1.807, 2.05) is 0 Å². The smallest absolute Gasteiger partial charge is 0.344 e. The van der Waals surface area contributed by atoms with Crippen LogP contribution in [0.5, 0.6) is 63.2 Å². The van der Waals surface area contributed by atoms with Crippen LogP contribution in [0.3, 0.4) is 0 Å². The Labute approximate surface area is 306 Å². The topological polar surface area (TPSA) is 374 Å². The first-order valence-electron chi connectivity index (χ1n) is 15.6. The molecule has 292 valence electrons. The molecule has 0 aliphatic carbocycles. The van der Waals surface area contributed by atoms with Crippen molar-refractivity contribution in [3.63, 3.8) is 0 Å². The highest BCUT2D eigenvalue weighted by Crippen LogP contribution is 2.50. The molecule has 1 aliphatic rings. The van der Waals surface area contributed by atoms with Crippen LogP contribution in [0, 0.1) is 0 Å². The molecular weight excluding hydrogens is 760 g/mol. The summed E-state index contributed by atoms with van der Waals surface area (Å²) in [6.07, 6.45) is -10.4. The predicted octanol–water partition coefficient (Wildman–Crippen LogP) is 0.454. The molecule has 1 aliphatic heterocycles. The van der Waals surface area contributed by atoms with Gasteiger partial charge in [-0.25, -0.2) is 19.2 Å². The number of aliphatic hydroxyl groups excluding tert-OH is 3. The van der Waals surface area contributed by atoms with Crippen molar-refractivity contribution in [1.82, 2.24) is 0 Å². The van der Waals surface area contributed by atoms with Crippen molar-refractivity contribution in [2.24, 2.45) is 0 Å². The largest absolute Gasteiger partial charge is 0.504 e. The van der Waals surface area contributed by atoms with Gasteiger partial charge >= 0.3 is 23.2 Å². The van der Waals surface area contributed by atoms with Crippen LogP contribution in [0.1, 0.15) is 20.7 Å². The zero-order valence-electron chi connectivity index (χ0n) is 27.4. The fourth-order valence-electron chi connectivity index (χ4n) is 6.06. The number of hydrogen-bond donors (Lipinski definition) is 12. The number of esters is 2. The Morgan fingerprint density at radius 1 is 0.625 bits per heavy atom. The average molecular weight is 785 g/mol. The van der Waals surface area contributed by atoms with Crippen molar-refractivity contribution in [1.29, 1.82) is 0 Å². The number of phenols is 9. The van der Waals surface area contributed by atoms with Crippen LogP contribution in [0.2, 0.25) is 0 Å². The second-order valence-corrected chi connectivity index (χ2v) is 12.2. The standard InChI is InChI=1S/C34H24O22/c35-6-16-23(44)28(55-30(46)7-1-11(36)19(40)12(37)2-7)29(34(50)52-16)56-33(49)10-4-13(38)20(41)24(45)25(10)51-15-5-9-18-17-8(31(47)54-27(18)22(15)43)3-14(39)21(42)26(17)53-32(9)48/h1-5,16,23,28-29,34-45,50H,6H2/t16-,23-,28+,29-,34?/m1/s1. The maximum atomic E-state index is 13.7. The maximum absolute atomic E-state index is 13.7. The van der Waals surface area contributed by atoms with Gasteiger partial charge in [0.2, 0.25) is 23.0 Å². The molecule has 0 radical (unpaired) electrons. The molecule has 0 bridgehead atoms. The highest BCUT2D eigenvalue weighted by atomic mass is 16.7. The minimum atomic E-state index is -2.31. The van der Waals surface area contributed by atoms with E-state index in [2.05, 4.69) is 0 Å². The van der Waals surface area contributed by atoms with Crippen LogP contribution < -0.4 is 16.0 Å². The summed E-state index contributed by atoms with van der Waals surface area (Å²) in [6, 6.07) is 3.32. The van der Waals surface area contributed by atoms with E-state index in [0.717, 1.165) is 12.1 Å². The molecule has 6 aromatic rings. The molecule has 1 fully saturated rings. The molecule has 22 heteroatoms. The number of phenolic OH excluding ortho intramolecular Hbond substituents is 9. The van der Waals surface area contributed by atoms with Crippen molar-refractivity contribution in [2.45, 2.75) is 30.7 Å². The Morgan fingerprint density at radius 3 is 1.77 bits per heavy atom. The van der Waals surface area contributed by atoms with Gasteiger partial charge in [0.1, 0.15) is 17.8 Å². The van der Waals surface area contributed by atoms with Gasteiger partial charge in [-0.05, 0) is 18.2 Å². The zero-order valence-corrected chi connectivity index (χ0v) is 27.4. The lowest BCUT2D eigenvalue weighted by molar-refractivity contribution is -0.285. The van der Waals surface area contributed by atoms with E-state index in [-0.39, 0.29) is 16.2 Å². The fraction of sp³-hybridized carbons (Fsp3) is 0.176. The van der Waals surface area contributed by atoms with Gasteiger partial charge in [-0.2, -0.15) is 0 Å². The van der Waals surface area contributed by atoms with Crippen LogP contribution >= 0.6 is 0 Å². The van der Waals surface area contributed by atoms with Crippen LogP contribution in [0.15, 0.2) is 48.8 Å². The molecule has 1 saturated heterocycles. The second-order valence-electron chi connectivity index (χ2n) is 12.2. The third-order valence-electron chi connectivity index (χ3n) is 8.78. The van der Waals surface area contributed by atoms with Crippen LogP contribution in [0.4, 0.5) is 0 Å². The Kier molecular flexibility index (Phi) is 8.69. The quantitative estimate of drug-likeness (QED) is 0.0452. The summed E-state index contributed by atoms with van der Waals surface area (Å²) in [5, 5.41) is 122. The highest BCUT2D eigenvalue weighted by Gasteiger charge is 2.50. The van der Waals surface area contributed by atoms with Crippen molar-refractivity contribution in [3.05, 3.63) is 62.3 Å². The Hall–Kier alpha value is -7.40. The highest BCUT2D eigenvalue weighted by molar-refractivity contribution is 6.22. The molecule has 1 unspecified atom stereocenters. The minimum Gasteiger partial charge on any atom is -0.504 e. The van der Waals surface area contributed by atoms with Gasteiger partial charge in [0.25, 0.3) is 0 Å². The number of ether oxygens (including phenoxy) is 4. The molecule has 12 N–H and O–H groups in total. The van der Waals surface area contributed by atoms with Crippen LogP contribution in [-0.2, 0) is 14.2 Å². The molecule has 0 spiro atoms. The molecule has 3 heterocycles. The molecule has 7 rings (SSSR count). The Balaban J connectivity index is 1.29. The zero-order chi connectivity index (χ0) is 40.7. The van der Waals surface area contributed by atoms with Crippen molar-refractivity contribution >= 4 is 44.6 Å². The molecule has 5 atom stereocenters. The number of aliphatic hydroxyl groups is 3. The number of aromatic hydroxyl groups is 9. The van der Waals surface area contributed by atoms with Gasteiger partial charge in [-0.3, -0.25) is 0 Å². The van der Waals surface area contributed by atoms with Gasteiger partial charge in [0.15, 0.2) is 69.9 Å². The molecule has 4 aromatic carbocycles. The van der Waals surface area contributed by atoms with E-state index in [1.54, 1.807) is 0 Å². The average Bonchev–Trinajstić information content (AvgIpc) is 3.15. The van der Waals surface area contributed by atoms with E-state index in [1.165, 1.54) is 0 Å². The summed E-state index contributed by atoms with van der Waals surface area (Å²) < 4.78 is 31.4. The van der Waals surface area contributed by atoms with Gasteiger partial charge in [-0.1, -0.05) is 0 Å². The van der Waals surface area contributed by atoms with Crippen LogP contribution in [0.25, 0.3) is 32.7 Å². The maximum Gasteiger partial charge on any atom is 0.344 e. The first-order chi connectivity index (χ1) is 26.4. The van der Waals surface area contributed by atoms with E-state index in [0.29, 0.717) is 18.2 Å². The van der Waals surface area contributed by atoms with Crippen LogP contribution in [-0.4, -0.2) is 111 Å². The molecule has 56 heavy (non-hydrogen) atoms. The molecule has 2 aromatic heterocycles. The Morgan fingerprint density at radius 2 is 1.16 bits per heavy atom. The minimum absolute atomic E-state index is 0.273. The third kappa shape index (κ3) is 5.68. The number of carbonyl (C=O) groups excluding carboxylic acids is 2. The van der Waals surface area contributed by atoms with Crippen molar-refractivity contribution < 1.29 is 98.6 Å². The first-order valence-corrected chi connectivity index (χ1v) is 15.6. The summed E-state index contributed by atoms with van der Waals surface area (Å²) in [4.78, 5) is 52.7. The van der Waals surface area contributed by atoms with E-state index in [4.69, 9.17) is 27.8 Å². The second kappa shape index (κ2) is 13.2. The summed E-state index contributed by atoms with van der Waals surface area (Å²) in [5.41, 5.74) is -5.57.